The predicted molar refractivity (Wildman–Crippen MR) is 84.4 cm³/mol. The van der Waals surface area contributed by atoms with E-state index < -0.39 is 22.7 Å². The van der Waals surface area contributed by atoms with Gasteiger partial charge in [-0.25, -0.2) is 4.79 Å². The topological polar surface area (TPSA) is 83.5 Å². The minimum absolute atomic E-state index is 0.0235. The number of carboxylic acids is 1. The molecule has 1 rings (SSSR count). The molecule has 0 aromatic heterocycles. The van der Waals surface area contributed by atoms with E-state index in [1.807, 2.05) is 13.8 Å². The van der Waals surface area contributed by atoms with Crippen molar-refractivity contribution in [1.82, 2.24) is 0 Å². The zero-order chi connectivity index (χ0) is 16.0. The van der Waals surface area contributed by atoms with Gasteiger partial charge in [0, 0.05) is 16.6 Å². The Morgan fingerprint density at radius 2 is 2.10 bits per heavy atom. The van der Waals surface area contributed by atoms with Gasteiger partial charge in [0.25, 0.3) is 0 Å². The number of amides is 1. The summed E-state index contributed by atoms with van der Waals surface area (Å²) in [7, 11) is -1.25. The Kier molecular flexibility index (Phi) is 6.84. The summed E-state index contributed by atoms with van der Waals surface area (Å²) in [5, 5.41) is 11.6. The first kappa shape index (κ1) is 17.7. The number of carbonyl (C=O) groups is 2. The van der Waals surface area contributed by atoms with E-state index in [4.69, 9.17) is 16.7 Å². The van der Waals surface area contributed by atoms with Crippen LogP contribution in [0.1, 0.15) is 30.6 Å². The van der Waals surface area contributed by atoms with Crippen LogP contribution in [0.2, 0.25) is 5.02 Å². The number of benzene rings is 1. The van der Waals surface area contributed by atoms with E-state index in [0.29, 0.717) is 5.75 Å². The van der Waals surface area contributed by atoms with Crippen LogP contribution in [-0.4, -0.2) is 32.7 Å². The van der Waals surface area contributed by atoms with E-state index in [1.54, 1.807) is 0 Å². The lowest BCUT2D eigenvalue weighted by Crippen LogP contribution is -2.22. The molecule has 7 heteroatoms. The monoisotopic (exact) mass is 331 g/mol. The Labute approximate surface area is 131 Å². The summed E-state index contributed by atoms with van der Waals surface area (Å²) in [5.74, 6) is -0.925. The van der Waals surface area contributed by atoms with Gasteiger partial charge in [-0.05, 0) is 24.1 Å². The Morgan fingerprint density at radius 3 is 2.67 bits per heavy atom. The Morgan fingerprint density at radius 1 is 1.43 bits per heavy atom. The molecule has 21 heavy (non-hydrogen) atoms. The van der Waals surface area contributed by atoms with E-state index in [1.165, 1.54) is 18.2 Å². The molecule has 1 amide bonds. The smallest absolute Gasteiger partial charge is 0.335 e. The first-order valence-electron chi connectivity index (χ1n) is 6.51. The third-order valence-electron chi connectivity index (χ3n) is 2.95. The summed E-state index contributed by atoms with van der Waals surface area (Å²) in [6.07, 6.45) is 0.903. The highest BCUT2D eigenvalue weighted by atomic mass is 35.5. The van der Waals surface area contributed by atoms with Gasteiger partial charge < -0.3 is 10.4 Å². The minimum Gasteiger partial charge on any atom is -0.478 e. The molecule has 0 spiro atoms. The largest absolute Gasteiger partial charge is 0.478 e. The maximum absolute atomic E-state index is 11.8. The normalized spacial score (nSPS) is 13.5. The van der Waals surface area contributed by atoms with Crippen LogP contribution in [0.25, 0.3) is 0 Å². The second kappa shape index (κ2) is 8.14. The van der Waals surface area contributed by atoms with Crippen LogP contribution < -0.4 is 5.32 Å². The maximum Gasteiger partial charge on any atom is 0.335 e. The van der Waals surface area contributed by atoms with Crippen molar-refractivity contribution in [2.24, 2.45) is 5.92 Å². The molecule has 1 aromatic carbocycles. The molecular weight excluding hydrogens is 314 g/mol. The van der Waals surface area contributed by atoms with Crippen molar-refractivity contribution in [1.29, 1.82) is 0 Å². The summed E-state index contributed by atoms with van der Waals surface area (Å²) in [4.78, 5) is 22.7. The van der Waals surface area contributed by atoms with Crippen LogP contribution in [0.5, 0.6) is 0 Å². The average Bonchev–Trinajstić information content (AvgIpc) is 2.40. The standard InChI is InChI=1S/C14H18ClNO4S/c1-3-9(2)7-21(20)8-13(17)16-12-6-10(14(18)19)4-5-11(12)15/h4-6,9H,3,7-8H2,1-2H3,(H,16,17)(H,18,19). The van der Waals surface area contributed by atoms with Gasteiger partial charge in [-0.3, -0.25) is 9.00 Å². The molecule has 0 aliphatic heterocycles. The van der Waals surface area contributed by atoms with Gasteiger partial charge in [-0.15, -0.1) is 0 Å². The van der Waals surface area contributed by atoms with Crippen LogP contribution in [0.15, 0.2) is 18.2 Å². The number of anilines is 1. The highest BCUT2D eigenvalue weighted by Crippen LogP contribution is 2.23. The summed E-state index contributed by atoms with van der Waals surface area (Å²) < 4.78 is 11.8. The molecule has 0 aliphatic rings. The number of nitrogens with one attached hydrogen (secondary N) is 1. The number of hydrogen-bond donors (Lipinski definition) is 2. The van der Waals surface area contributed by atoms with Gasteiger partial charge >= 0.3 is 5.97 Å². The fraction of sp³-hybridized carbons (Fsp3) is 0.429. The molecule has 2 N–H and O–H groups in total. The van der Waals surface area contributed by atoms with E-state index in [0.717, 1.165) is 6.42 Å². The molecule has 0 heterocycles. The van der Waals surface area contributed by atoms with Crippen LogP contribution in [0.4, 0.5) is 5.69 Å². The zero-order valence-electron chi connectivity index (χ0n) is 11.9. The summed E-state index contributed by atoms with van der Waals surface area (Å²) >= 11 is 5.90. The first-order chi connectivity index (χ1) is 9.83. The van der Waals surface area contributed by atoms with Crippen molar-refractivity contribution >= 4 is 40.0 Å². The Hall–Kier alpha value is -1.40. The maximum atomic E-state index is 11.8. The lowest BCUT2D eigenvalue weighted by Gasteiger charge is -2.10. The molecule has 2 atom stereocenters. The van der Waals surface area contributed by atoms with E-state index >= 15 is 0 Å². The molecule has 0 fully saturated rings. The molecule has 0 radical (unpaired) electrons. The van der Waals surface area contributed by atoms with Crippen LogP contribution in [0.3, 0.4) is 0 Å². The molecule has 2 unspecified atom stereocenters. The lowest BCUT2D eigenvalue weighted by molar-refractivity contribution is -0.113. The summed E-state index contributed by atoms with van der Waals surface area (Å²) in [6, 6.07) is 4.03. The van der Waals surface area contributed by atoms with Crippen molar-refractivity contribution in [3.8, 4) is 0 Å². The summed E-state index contributed by atoms with van der Waals surface area (Å²) in [5.41, 5.74) is 0.234. The third kappa shape index (κ3) is 5.85. The first-order valence-corrected chi connectivity index (χ1v) is 8.37. The number of carbonyl (C=O) groups excluding carboxylic acids is 1. The van der Waals surface area contributed by atoms with Gasteiger partial charge in [0.2, 0.25) is 5.91 Å². The number of halogens is 1. The van der Waals surface area contributed by atoms with Gasteiger partial charge in [-0.2, -0.15) is 0 Å². The molecule has 116 valence electrons. The van der Waals surface area contributed by atoms with Gasteiger partial charge in [0.05, 0.1) is 16.3 Å². The fourth-order valence-corrected chi connectivity index (χ4v) is 3.10. The minimum atomic E-state index is -1.25. The number of rotatable bonds is 7. The van der Waals surface area contributed by atoms with E-state index in [-0.39, 0.29) is 27.9 Å². The van der Waals surface area contributed by atoms with E-state index in [2.05, 4.69) is 5.32 Å². The van der Waals surface area contributed by atoms with Crippen molar-refractivity contribution in [3.63, 3.8) is 0 Å². The average molecular weight is 332 g/mol. The van der Waals surface area contributed by atoms with Gasteiger partial charge in [-0.1, -0.05) is 31.9 Å². The van der Waals surface area contributed by atoms with Crippen molar-refractivity contribution < 1.29 is 18.9 Å². The number of carboxylic acid groups (broad SMARTS) is 1. The van der Waals surface area contributed by atoms with Gasteiger partial charge in [0.1, 0.15) is 5.75 Å². The number of aromatic carboxylic acids is 1. The second-order valence-electron chi connectivity index (χ2n) is 4.81. The van der Waals surface area contributed by atoms with Crippen LogP contribution in [0, 0.1) is 5.92 Å². The lowest BCUT2D eigenvalue weighted by atomic mass is 10.2. The van der Waals surface area contributed by atoms with Crippen molar-refractivity contribution in [2.75, 3.05) is 16.8 Å². The predicted octanol–water partition coefficient (Wildman–Crippen LogP) is 2.77. The molecule has 0 bridgehead atoms. The summed E-state index contributed by atoms with van der Waals surface area (Å²) in [6.45, 7) is 3.97. The SMILES string of the molecule is CCC(C)CS(=O)CC(=O)Nc1cc(C(=O)O)ccc1Cl. The van der Waals surface area contributed by atoms with E-state index in [9.17, 15) is 13.8 Å². The van der Waals surface area contributed by atoms with Gasteiger partial charge in [0.15, 0.2) is 0 Å². The molecule has 0 saturated heterocycles. The molecule has 5 nitrogen and oxygen atoms in total. The molecule has 0 saturated carbocycles. The van der Waals surface area contributed by atoms with Crippen LogP contribution >= 0.6 is 11.6 Å². The Balaban J connectivity index is 2.68. The second-order valence-corrected chi connectivity index (χ2v) is 6.72. The molecular formula is C14H18ClNO4S. The highest BCUT2D eigenvalue weighted by Gasteiger charge is 2.14. The number of hydrogen-bond acceptors (Lipinski definition) is 3. The molecule has 1 aromatic rings. The molecule has 0 aliphatic carbocycles. The fourth-order valence-electron chi connectivity index (χ4n) is 1.58. The zero-order valence-corrected chi connectivity index (χ0v) is 13.5. The van der Waals surface area contributed by atoms with Crippen molar-refractivity contribution in [2.45, 2.75) is 20.3 Å². The van der Waals surface area contributed by atoms with Crippen LogP contribution in [-0.2, 0) is 15.6 Å². The quantitative estimate of drug-likeness (QED) is 0.804. The van der Waals surface area contributed by atoms with Crippen molar-refractivity contribution in [3.05, 3.63) is 28.8 Å². The third-order valence-corrected chi connectivity index (χ3v) is 4.80. The highest BCUT2D eigenvalue weighted by molar-refractivity contribution is 7.85. The Bertz CT molecular complexity index is 562.